The highest BCUT2D eigenvalue weighted by atomic mass is 16.6. The van der Waals surface area contributed by atoms with Gasteiger partial charge in [-0.1, -0.05) is 78.1 Å². The lowest BCUT2D eigenvalue weighted by atomic mass is 9.67. The SMILES string of the molecule is CCCCCCCC1CC(=O)C(C2O[C@H](COCC(=O)O)C(O)C(O)C2O)CC1CCCCCC. The molecule has 0 amide bonds. The van der Waals surface area contributed by atoms with E-state index in [1.54, 1.807) is 0 Å². The Labute approximate surface area is 210 Å². The maximum Gasteiger partial charge on any atom is 0.329 e. The molecule has 1 heterocycles. The van der Waals surface area contributed by atoms with Crippen molar-refractivity contribution in [2.75, 3.05) is 13.2 Å². The van der Waals surface area contributed by atoms with E-state index in [-0.39, 0.29) is 12.4 Å². The van der Waals surface area contributed by atoms with Crippen LogP contribution in [0.15, 0.2) is 0 Å². The molecule has 204 valence electrons. The van der Waals surface area contributed by atoms with Crippen molar-refractivity contribution < 1.29 is 39.5 Å². The minimum atomic E-state index is -1.49. The maximum absolute atomic E-state index is 13.3. The van der Waals surface area contributed by atoms with Crippen LogP contribution in [0.1, 0.15) is 97.3 Å². The number of Topliss-reactive ketones (excluding diaryl/α,β-unsaturated/α-hetero) is 1. The molecule has 8 atom stereocenters. The predicted molar refractivity (Wildman–Crippen MR) is 132 cm³/mol. The topological polar surface area (TPSA) is 134 Å². The average molecular weight is 501 g/mol. The summed E-state index contributed by atoms with van der Waals surface area (Å²) in [5.41, 5.74) is 0. The normalized spacial score (nSPS) is 33.7. The van der Waals surface area contributed by atoms with Gasteiger partial charge < -0.3 is 29.9 Å². The summed E-state index contributed by atoms with van der Waals surface area (Å²) in [6.07, 6.45) is 7.56. The second-order valence-corrected chi connectivity index (χ2v) is 10.6. The quantitative estimate of drug-likeness (QED) is 0.237. The number of ketones is 1. The second-order valence-electron chi connectivity index (χ2n) is 10.6. The summed E-state index contributed by atoms with van der Waals surface area (Å²) in [4.78, 5) is 24.0. The molecule has 0 aromatic heterocycles. The van der Waals surface area contributed by atoms with Crippen LogP contribution in [-0.4, -0.2) is 75.9 Å². The van der Waals surface area contributed by atoms with E-state index in [1.807, 2.05) is 0 Å². The Morgan fingerprint density at radius 1 is 0.886 bits per heavy atom. The van der Waals surface area contributed by atoms with E-state index in [0.717, 1.165) is 25.7 Å². The molecule has 0 radical (unpaired) electrons. The molecule has 2 rings (SSSR count). The predicted octanol–water partition coefficient (Wildman–Crippen LogP) is 3.48. The van der Waals surface area contributed by atoms with Crippen LogP contribution in [0.2, 0.25) is 0 Å². The molecule has 35 heavy (non-hydrogen) atoms. The molecule has 8 heteroatoms. The second kappa shape index (κ2) is 15.9. The van der Waals surface area contributed by atoms with E-state index in [4.69, 9.17) is 14.6 Å². The Morgan fingerprint density at radius 3 is 2.11 bits per heavy atom. The van der Waals surface area contributed by atoms with Gasteiger partial charge in [0.1, 0.15) is 36.8 Å². The zero-order chi connectivity index (χ0) is 25.8. The number of carboxylic acids is 1. The van der Waals surface area contributed by atoms with Crippen molar-refractivity contribution in [2.45, 2.75) is 128 Å². The smallest absolute Gasteiger partial charge is 0.329 e. The Morgan fingerprint density at radius 2 is 1.49 bits per heavy atom. The highest BCUT2D eigenvalue weighted by molar-refractivity contribution is 5.82. The van der Waals surface area contributed by atoms with Crippen molar-refractivity contribution in [1.82, 2.24) is 0 Å². The lowest BCUT2D eigenvalue weighted by Gasteiger charge is -2.46. The Bertz CT molecular complexity index is 626. The fourth-order valence-electron chi connectivity index (χ4n) is 5.79. The fourth-order valence-corrected chi connectivity index (χ4v) is 5.79. The van der Waals surface area contributed by atoms with Crippen molar-refractivity contribution in [3.05, 3.63) is 0 Å². The summed E-state index contributed by atoms with van der Waals surface area (Å²) >= 11 is 0. The third-order valence-corrected chi connectivity index (χ3v) is 7.86. The van der Waals surface area contributed by atoms with Crippen molar-refractivity contribution in [2.24, 2.45) is 17.8 Å². The molecule has 0 aromatic rings. The maximum atomic E-state index is 13.3. The largest absolute Gasteiger partial charge is 0.480 e. The molecule has 1 aliphatic heterocycles. The van der Waals surface area contributed by atoms with Crippen LogP contribution in [0, 0.1) is 17.8 Å². The number of unbranched alkanes of at least 4 members (excludes halogenated alkanes) is 7. The van der Waals surface area contributed by atoms with Gasteiger partial charge in [0.2, 0.25) is 0 Å². The minimum Gasteiger partial charge on any atom is -0.480 e. The number of carbonyl (C=O) groups excluding carboxylic acids is 1. The van der Waals surface area contributed by atoms with Crippen LogP contribution >= 0.6 is 0 Å². The van der Waals surface area contributed by atoms with Crippen LogP contribution in [0.25, 0.3) is 0 Å². The fraction of sp³-hybridized carbons (Fsp3) is 0.926. The van der Waals surface area contributed by atoms with Crippen LogP contribution < -0.4 is 0 Å². The molecule has 7 unspecified atom stereocenters. The number of carbonyl (C=O) groups is 2. The van der Waals surface area contributed by atoms with Crippen LogP contribution in [0.4, 0.5) is 0 Å². The zero-order valence-electron chi connectivity index (χ0n) is 21.6. The van der Waals surface area contributed by atoms with Crippen molar-refractivity contribution in [1.29, 1.82) is 0 Å². The molecule has 1 saturated carbocycles. The minimum absolute atomic E-state index is 0.0474. The first-order valence-electron chi connectivity index (χ1n) is 13.8. The summed E-state index contributed by atoms with van der Waals surface area (Å²) in [5, 5.41) is 40.3. The van der Waals surface area contributed by atoms with Gasteiger partial charge in [0.25, 0.3) is 0 Å². The first kappa shape index (κ1) is 30.2. The van der Waals surface area contributed by atoms with E-state index in [0.29, 0.717) is 24.7 Å². The summed E-state index contributed by atoms with van der Waals surface area (Å²) in [5.74, 6) is -0.954. The van der Waals surface area contributed by atoms with E-state index in [2.05, 4.69) is 13.8 Å². The van der Waals surface area contributed by atoms with Crippen LogP contribution in [0.3, 0.4) is 0 Å². The van der Waals surface area contributed by atoms with E-state index >= 15 is 0 Å². The van der Waals surface area contributed by atoms with Gasteiger partial charge >= 0.3 is 5.97 Å². The highest BCUT2D eigenvalue weighted by Crippen LogP contribution is 2.42. The Hall–Kier alpha value is -1.06. The molecule has 0 aromatic carbocycles. The molecule has 8 nitrogen and oxygen atoms in total. The van der Waals surface area contributed by atoms with Crippen LogP contribution in [0.5, 0.6) is 0 Å². The van der Waals surface area contributed by atoms with Gasteiger partial charge in [-0.05, 0) is 24.7 Å². The van der Waals surface area contributed by atoms with Crippen molar-refractivity contribution >= 4 is 11.8 Å². The molecule has 2 fully saturated rings. The van der Waals surface area contributed by atoms with Crippen LogP contribution in [-0.2, 0) is 19.1 Å². The van der Waals surface area contributed by atoms with E-state index < -0.39 is 49.0 Å². The monoisotopic (exact) mass is 500 g/mol. The lowest BCUT2D eigenvalue weighted by molar-refractivity contribution is -0.245. The number of rotatable bonds is 16. The summed E-state index contributed by atoms with van der Waals surface area (Å²) < 4.78 is 11.0. The molecular weight excluding hydrogens is 452 g/mol. The first-order chi connectivity index (χ1) is 16.8. The van der Waals surface area contributed by atoms with E-state index in [1.165, 1.54) is 44.9 Å². The number of hydrogen-bond donors (Lipinski definition) is 4. The molecule has 4 N–H and O–H groups in total. The number of ether oxygens (including phenoxy) is 2. The summed E-state index contributed by atoms with van der Waals surface area (Å²) in [6.45, 7) is 3.59. The van der Waals surface area contributed by atoms with Crippen molar-refractivity contribution in [3.63, 3.8) is 0 Å². The van der Waals surface area contributed by atoms with Gasteiger partial charge in [0.05, 0.1) is 12.7 Å². The number of aliphatic hydroxyl groups is 3. The third kappa shape index (κ3) is 9.39. The molecule has 0 spiro atoms. The van der Waals surface area contributed by atoms with Crippen molar-refractivity contribution in [3.8, 4) is 0 Å². The van der Waals surface area contributed by atoms with Gasteiger partial charge in [-0.25, -0.2) is 4.79 Å². The first-order valence-corrected chi connectivity index (χ1v) is 13.8. The van der Waals surface area contributed by atoms with Gasteiger partial charge in [0.15, 0.2) is 0 Å². The van der Waals surface area contributed by atoms with Gasteiger partial charge in [-0.2, -0.15) is 0 Å². The number of aliphatic carboxylic acids is 1. The van der Waals surface area contributed by atoms with Gasteiger partial charge in [-0.15, -0.1) is 0 Å². The number of carboxylic acid groups (broad SMARTS) is 1. The Balaban J connectivity index is 2.06. The van der Waals surface area contributed by atoms with Gasteiger partial charge in [0, 0.05) is 12.3 Å². The van der Waals surface area contributed by atoms with E-state index in [9.17, 15) is 24.9 Å². The lowest BCUT2D eigenvalue weighted by Crippen LogP contribution is -2.62. The average Bonchev–Trinajstić information content (AvgIpc) is 2.82. The molecule has 0 bridgehead atoms. The molecule has 2 aliphatic rings. The number of hydrogen-bond acceptors (Lipinski definition) is 7. The number of aliphatic hydroxyl groups excluding tert-OH is 3. The summed E-state index contributed by atoms with van der Waals surface area (Å²) in [7, 11) is 0. The summed E-state index contributed by atoms with van der Waals surface area (Å²) in [6, 6.07) is 0. The Kier molecular flexibility index (Phi) is 13.7. The zero-order valence-corrected chi connectivity index (χ0v) is 21.6. The molecular formula is C27H48O8. The molecule has 1 saturated heterocycles. The third-order valence-electron chi connectivity index (χ3n) is 7.86. The van der Waals surface area contributed by atoms with Gasteiger partial charge in [-0.3, -0.25) is 4.79 Å². The standard InChI is InChI=1S/C27H48O8/c1-3-5-7-9-11-13-19-15-21(28)20(14-18(19)12-10-8-6-4-2)27-26(33)25(32)24(31)22(35-27)16-34-17-23(29)30/h18-20,22,24-27,31-33H,3-17H2,1-2H3,(H,29,30)/t18?,19?,20?,22-,24?,25?,26?,27?/m1/s1. The molecule has 1 aliphatic carbocycles. The highest BCUT2D eigenvalue weighted by Gasteiger charge is 2.50.